The monoisotopic (exact) mass is 370 g/mol. The molecule has 8 heteroatoms. The van der Waals surface area contributed by atoms with E-state index >= 15 is 0 Å². The fourth-order valence-corrected chi connectivity index (χ4v) is 4.34. The summed E-state index contributed by atoms with van der Waals surface area (Å²) < 4.78 is 3.04. The van der Waals surface area contributed by atoms with Crippen LogP contribution in [0.1, 0.15) is 10.4 Å². The summed E-state index contributed by atoms with van der Waals surface area (Å²) in [6.45, 7) is 0. The number of benzene rings is 2. The fraction of sp³-hybridized carbons (Fsp3) is 0.118. The smallest absolute Gasteiger partial charge is 0.271 e. The first-order chi connectivity index (χ1) is 12.1. The number of anilines is 1. The van der Waals surface area contributed by atoms with E-state index in [1.54, 1.807) is 12.1 Å². The average Bonchev–Trinajstić information content (AvgIpc) is 2.95. The molecule has 126 valence electrons. The summed E-state index contributed by atoms with van der Waals surface area (Å²) in [5.74, 6) is 0.0261. The molecule has 2 N–H and O–H groups in total. The number of carbonyl (C=O) groups is 2. The van der Waals surface area contributed by atoms with E-state index < -0.39 is 0 Å². The first kappa shape index (κ1) is 15.9. The number of amides is 2. The summed E-state index contributed by atoms with van der Waals surface area (Å²) in [5.41, 5.74) is 4.78. The van der Waals surface area contributed by atoms with Gasteiger partial charge >= 0.3 is 0 Å². The van der Waals surface area contributed by atoms with Gasteiger partial charge in [0.15, 0.2) is 0 Å². The Morgan fingerprint density at radius 2 is 2.12 bits per heavy atom. The molecule has 0 aliphatic carbocycles. The molecule has 3 aromatic rings. The van der Waals surface area contributed by atoms with Crippen LogP contribution in [0.3, 0.4) is 0 Å². The van der Waals surface area contributed by atoms with Crippen LogP contribution in [-0.4, -0.2) is 22.1 Å². The average molecular weight is 370 g/mol. The quantitative estimate of drug-likeness (QED) is 0.681. The molecular weight excluding hydrogens is 356 g/mol. The van der Waals surface area contributed by atoms with Gasteiger partial charge in [-0.15, -0.1) is 16.9 Å². The Labute approximate surface area is 151 Å². The molecule has 0 saturated carbocycles. The first-order valence-corrected chi connectivity index (χ1v) is 9.37. The third kappa shape index (κ3) is 3.06. The largest absolute Gasteiger partial charge is 0.324 e. The lowest BCUT2D eigenvalue weighted by Gasteiger charge is -2.16. The van der Waals surface area contributed by atoms with E-state index in [2.05, 4.69) is 15.8 Å². The summed E-state index contributed by atoms with van der Waals surface area (Å²) in [6.07, 6.45) is 0. The Hall–Kier alpha value is -2.58. The lowest BCUT2D eigenvalue weighted by Crippen LogP contribution is -2.24. The molecule has 6 nitrogen and oxygen atoms in total. The zero-order valence-electron chi connectivity index (χ0n) is 13.3. The van der Waals surface area contributed by atoms with Crippen LogP contribution in [0.2, 0.25) is 0 Å². The van der Waals surface area contributed by atoms with Gasteiger partial charge in [-0.25, -0.2) is 5.43 Å². The van der Waals surface area contributed by atoms with Crippen molar-refractivity contribution in [2.75, 3.05) is 11.1 Å². The van der Waals surface area contributed by atoms with Crippen molar-refractivity contribution in [3.8, 4) is 0 Å². The van der Waals surface area contributed by atoms with Crippen molar-refractivity contribution in [1.29, 1.82) is 0 Å². The summed E-state index contributed by atoms with van der Waals surface area (Å²) in [6, 6.07) is 13.2. The standard InChI is InChI=1S/C17H14N4O2S2/c1-21-12-4-2-3-5-14(12)25-17(21)20-19-16(23)10-6-7-13-11(8-10)18-15(22)9-24-13/h2-8H,9H2,1H3,(H,18,22)(H,19,23)/b20-17-. The molecule has 0 spiro atoms. The number of thiazole rings is 1. The maximum absolute atomic E-state index is 12.4. The SMILES string of the molecule is Cn1/c(=N/NC(=O)c2ccc3c(c2)NC(=O)CS3)sc2ccccc21. The number of nitrogens with zero attached hydrogens (tertiary/aromatic N) is 2. The Balaban J connectivity index is 1.60. The highest BCUT2D eigenvalue weighted by molar-refractivity contribution is 8.00. The van der Waals surface area contributed by atoms with Crippen molar-refractivity contribution in [2.24, 2.45) is 12.1 Å². The lowest BCUT2D eigenvalue weighted by molar-refractivity contribution is -0.113. The van der Waals surface area contributed by atoms with Crippen molar-refractivity contribution in [1.82, 2.24) is 9.99 Å². The summed E-state index contributed by atoms with van der Waals surface area (Å²) in [4.78, 5) is 25.5. The van der Waals surface area contributed by atoms with Crippen LogP contribution in [0.4, 0.5) is 5.69 Å². The molecule has 0 radical (unpaired) electrons. The molecule has 1 aliphatic heterocycles. The number of para-hydroxylation sites is 1. The van der Waals surface area contributed by atoms with Crippen molar-refractivity contribution in [3.63, 3.8) is 0 Å². The Morgan fingerprint density at radius 1 is 1.28 bits per heavy atom. The number of nitrogens with one attached hydrogen (secondary N) is 2. The molecule has 4 rings (SSSR count). The van der Waals surface area contributed by atoms with Gasteiger partial charge in [-0.2, -0.15) is 0 Å². The third-order valence-corrected chi connectivity index (χ3v) is 6.03. The summed E-state index contributed by atoms with van der Waals surface area (Å²) >= 11 is 2.97. The first-order valence-electron chi connectivity index (χ1n) is 7.57. The highest BCUT2D eigenvalue weighted by Crippen LogP contribution is 2.31. The van der Waals surface area contributed by atoms with Crippen LogP contribution in [0.5, 0.6) is 0 Å². The molecule has 1 aromatic heterocycles. The Kier molecular flexibility index (Phi) is 4.06. The second-order valence-electron chi connectivity index (χ2n) is 5.51. The number of thioether (sulfide) groups is 1. The zero-order valence-corrected chi connectivity index (χ0v) is 14.9. The van der Waals surface area contributed by atoms with E-state index in [0.29, 0.717) is 21.8 Å². The molecule has 2 aromatic carbocycles. The van der Waals surface area contributed by atoms with Gasteiger partial charge in [-0.3, -0.25) is 9.59 Å². The summed E-state index contributed by atoms with van der Waals surface area (Å²) in [5, 5.41) is 7.02. The van der Waals surface area contributed by atoms with Crippen LogP contribution in [0.15, 0.2) is 52.5 Å². The number of hydrogen-bond donors (Lipinski definition) is 2. The second kappa shape index (κ2) is 6.38. The Morgan fingerprint density at radius 3 is 2.96 bits per heavy atom. The highest BCUT2D eigenvalue weighted by Gasteiger charge is 2.17. The van der Waals surface area contributed by atoms with Crippen LogP contribution < -0.4 is 15.5 Å². The second-order valence-corrected chi connectivity index (χ2v) is 7.54. The van der Waals surface area contributed by atoms with Gasteiger partial charge in [-0.05, 0) is 30.3 Å². The minimum atomic E-state index is -0.315. The van der Waals surface area contributed by atoms with Gasteiger partial charge < -0.3 is 9.88 Å². The molecule has 0 bridgehead atoms. The van der Waals surface area contributed by atoms with Gasteiger partial charge in [0.2, 0.25) is 10.7 Å². The number of fused-ring (bicyclic) bond motifs is 2. The van der Waals surface area contributed by atoms with E-state index in [4.69, 9.17) is 0 Å². The normalized spacial score (nSPS) is 14.3. The number of hydrogen-bond acceptors (Lipinski definition) is 5. The predicted molar refractivity (Wildman–Crippen MR) is 99.6 cm³/mol. The van der Waals surface area contributed by atoms with E-state index in [1.807, 2.05) is 41.9 Å². The van der Waals surface area contributed by atoms with Gasteiger partial charge in [0.1, 0.15) is 0 Å². The molecular formula is C17H14N4O2S2. The molecule has 1 aliphatic rings. The lowest BCUT2D eigenvalue weighted by atomic mass is 10.2. The van der Waals surface area contributed by atoms with Crippen molar-refractivity contribution in [3.05, 3.63) is 52.8 Å². The van der Waals surface area contributed by atoms with Gasteiger partial charge in [-0.1, -0.05) is 23.5 Å². The van der Waals surface area contributed by atoms with Gasteiger partial charge in [0.25, 0.3) is 5.91 Å². The van der Waals surface area contributed by atoms with E-state index in [1.165, 1.54) is 23.1 Å². The molecule has 0 atom stereocenters. The topological polar surface area (TPSA) is 75.5 Å². The minimum Gasteiger partial charge on any atom is -0.324 e. The molecule has 2 amide bonds. The van der Waals surface area contributed by atoms with E-state index in [-0.39, 0.29) is 11.8 Å². The predicted octanol–water partition coefficient (Wildman–Crippen LogP) is 2.53. The van der Waals surface area contributed by atoms with Gasteiger partial charge in [0.05, 0.1) is 21.7 Å². The van der Waals surface area contributed by atoms with Crippen LogP contribution in [0, 0.1) is 0 Å². The van der Waals surface area contributed by atoms with Crippen LogP contribution in [0.25, 0.3) is 10.2 Å². The van der Waals surface area contributed by atoms with Crippen LogP contribution >= 0.6 is 23.1 Å². The van der Waals surface area contributed by atoms with Crippen molar-refractivity contribution in [2.45, 2.75) is 4.90 Å². The number of carbonyl (C=O) groups excluding carboxylic acids is 2. The Bertz CT molecular complexity index is 1070. The van der Waals surface area contributed by atoms with Crippen molar-refractivity contribution >= 4 is 50.8 Å². The molecule has 0 unspecified atom stereocenters. The van der Waals surface area contributed by atoms with Gasteiger partial charge in [0, 0.05) is 17.5 Å². The number of aromatic nitrogens is 1. The molecule has 2 heterocycles. The maximum atomic E-state index is 12.4. The maximum Gasteiger partial charge on any atom is 0.271 e. The molecule has 0 saturated heterocycles. The molecule has 0 fully saturated rings. The van der Waals surface area contributed by atoms with E-state index in [0.717, 1.165) is 15.1 Å². The fourth-order valence-electron chi connectivity index (χ4n) is 2.58. The van der Waals surface area contributed by atoms with Crippen molar-refractivity contribution < 1.29 is 9.59 Å². The summed E-state index contributed by atoms with van der Waals surface area (Å²) in [7, 11) is 1.91. The third-order valence-electron chi connectivity index (χ3n) is 3.84. The highest BCUT2D eigenvalue weighted by atomic mass is 32.2. The van der Waals surface area contributed by atoms with E-state index in [9.17, 15) is 9.59 Å². The molecule has 25 heavy (non-hydrogen) atoms. The van der Waals surface area contributed by atoms with Crippen LogP contribution in [-0.2, 0) is 11.8 Å². The number of aryl methyl sites for hydroxylation is 1. The number of rotatable bonds is 2. The minimum absolute atomic E-state index is 0.0583. The zero-order chi connectivity index (χ0) is 17.4.